The maximum atomic E-state index is 13.5. The van der Waals surface area contributed by atoms with Crippen LogP contribution in [0, 0.1) is 0 Å². The Bertz CT molecular complexity index is 1780. The highest BCUT2D eigenvalue weighted by atomic mass is 32.3. The Morgan fingerprint density at radius 2 is 1.60 bits per heavy atom. The number of rotatable bonds is 15. The first kappa shape index (κ1) is 33.6. The van der Waals surface area contributed by atoms with Gasteiger partial charge in [0.05, 0.1) is 30.9 Å². The number of benzene rings is 3. The molecule has 3 rings (SSSR count). The average molecular weight is 657 g/mol. The minimum absolute atomic E-state index is 0.170. The topological polar surface area (TPSA) is 218 Å². The summed E-state index contributed by atoms with van der Waals surface area (Å²) in [5, 5.41) is 10.8. The molecule has 0 spiro atoms. The molecule has 0 heterocycles. The van der Waals surface area contributed by atoms with Crippen molar-refractivity contribution in [2.75, 3.05) is 47.9 Å². The molecule has 0 fully saturated rings. The molecular weight excluding hydrogens is 628 g/mol. The normalized spacial score (nSPS) is 12.3. The molecule has 232 valence electrons. The Kier molecular flexibility index (Phi) is 11.3. The minimum Gasteiger partial charge on any atom is -0.494 e. The molecule has 0 saturated carbocycles. The molecule has 3 aromatic rings. The van der Waals surface area contributed by atoms with Gasteiger partial charge in [-0.15, -0.1) is 5.11 Å². The second kappa shape index (κ2) is 14.5. The van der Waals surface area contributed by atoms with Crippen LogP contribution in [-0.2, 0) is 34.5 Å². The van der Waals surface area contributed by atoms with Gasteiger partial charge in [-0.05, 0) is 42.5 Å². The van der Waals surface area contributed by atoms with Crippen LogP contribution in [0.1, 0.15) is 10.4 Å². The van der Waals surface area contributed by atoms with E-state index in [1.165, 1.54) is 42.3 Å². The lowest BCUT2D eigenvalue weighted by Crippen LogP contribution is -2.36. The number of azo groups is 1. The summed E-state index contributed by atoms with van der Waals surface area (Å²) < 4.78 is 95.2. The number of amides is 1. The summed E-state index contributed by atoms with van der Waals surface area (Å²) in [6.45, 7) is -1.04. The Hall–Kier alpha value is -3.94. The van der Waals surface area contributed by atoms with Crippen LogP contribution in [0.15, 0.2) is 83.0 Å². The van der Waals surface area contributed by atoms with Crippen LogP contribution in [0.4, 0.5) is 22.7 Å². The Balaban J connectivity index is 1.79. The first-order valence-corrected chi connectivity index (χ1v) is 17.0. The number of hydrogen-bond donors (Lipinski definition) is 3. The number of hydrogen-bond acceptors (Lipinski definition) is 12. The van der Waals surface area contributed by atoms with E-state index in [0.29, 0.717) is 11.4 Å². The van der Waals surface area contributed by atoms with Gasteiger partial charge in [0, 0.05) is 29.5 Å². The fourth-order valence-corrected chi connectivity index (χ4v) is 5.32. The van der Waals surface area contributed by atoms with E-state index < -0.39 is 60.3 Å². The Morgan fingerprint density at radius 1 is 0.884 bits per heavy atom. The van der Waals surface area contributed by atoms with Gasteiger partial charge in [0.1, 0.15) is 17.3 Å². The molecule has 0 radical (unpaired) electrons. The van der Waals surface area contributed by atoms with Crippen molar-refractivity contribution < 1.29 is 48.1 Å². The number of anilines is 2. The second-order valence-corrected chi connectivity index (χ2v) is 13.6. The third-order valence-corrected chi connectivity index (χ3v) is 8.14. The predicted octanol–water partition coefficient (Wildman–Crippen LogP) is 3.25. The molecule has 0 aliphatic heterocycles. The van der Waals surface area contributed by atoms with Crippen molar-refractivity contribution in [1.29, 1.82) is 0 Å². The number of methoxy groups -OCH3 is 1. The fraction of sp³-hybridized carbons (Fsp3) is 0.240. The highest BCUT2D eigenvalue weighted by Crippen LogP contribution is 2.32. The third-order valence-electron chi connectivity index (χ3n) is 5.57. The minimum atomic E-state index is -4.79. The fourth-order valence-electron chi connectivity index (χ4n) is 3.57. The third kappa shape index (κ3) is 11.3. The number of carbonyl (C=O) groups excluding carboxylic acids is 1. The van der Waals surface area contributed by atoms with E-state index >= 15 is 0 Å². The Labute approximate surface area is 248 Å². The summed E-state index contributed by atoms with van der Waals surface area (Å²) in [6.07, 6.45) is 0. The van der Waals surface area contributed by atoms with Crippen molar-refractivity contribution >= 4 is 59.0 Å². The van der Waals surface area contributed by atoms with Crippen molar-refractivity contribution in [3.8, 4) is 5.75 Å². The van der Waals surface area contributed by atoms with Crippen LogP contribution in [0.2, 0.25) is 0 Å². The van der Waals surface area contributed by atoms with Crippen molar-refractivity contribution in [2.24, 2.45) is 10.2 Å². The van der Waals surface area contributed by atoms with E-state index in [-0.39, 0.29) is 29.2 Å². The van der Waals surface area contributed by atoms with Gasteiger partial charge in [-0.3, -0.25) is 13.9 Å². The van der Waals surface area contributed by atoms with Crippen LogP contribution in [0.5, 0.6) is 5.75 Å². The van der Waals surface area contributed by atoms with Crippen molar-refractivity contribution in [3.63, 3.8) is 0 Å². The second-order valence-electron chi connectivity index (χ2n) is 8.73. The van der Waals surface area contributed by atoms with Crippen LogP contribution >= 0.6 is 0 Å². The molecule has 0 aliphatic carbocycles. The largest absolute Gasteiger partial charge is 0.494 e. The van der Waals surface area contributed by atoms with Crippen molar-refractivity contribution in [1.82, 2.24) is 0 Å². The van der Waals surface area contributed by atoms with Crippen LogP contribution in [0.3, 0.4) is 0 Å². The van der Waals surface area contributed by atoms with E-state index in [4.69, 9.17) is 13.8 Å². The first-order chi connectivity index (χ1) is 20.2. The highest BCUT2D eigenvalue weighted by molar-refractivity contribution is 7.91. The maximum Gasteiger partial charge on any atom is 0.397 e. The zero-order valence-electron chi connectivity index (χ0n) is 22.6. The smallest absolute Gasteiger partial charge is 0.397 e. The molecule has 0 bridgehead atoms. The lowest BCUT2D eigenvalue weighted by Gasteiger charge is -2.23. The average Bonchev–Trinajstić information content (AvgIpc) is 2.94. The van der Waals surface area contributed by atoms with E-state index in [0.717, 1.165) is 0 Å². The van der Waals surface area contributed by atoms with E-state index in [1.807, 2.05) is 0 Å². The predicted molar refractivity (Wildman–Crippen MR) is 158 cm³/mol. The summed E-state index contributed by atoms with van der Waals surface area (Å²) in [5.74, 6) is -2.21. The van der Waals surface area contributed by atoms with Crippen molar-refractivity contribution in [2.45, 2.75) is 0 Å². The Morgan fingerprint density at radius 3 is 2.26 bits per heavy atom. The maximum absolute atomic E-state index is 13.5. The zero-order chi connectivity index (χ0) is 31.7. The SMILES string of the molecule is COc1cc(NCS(=O)(=O)O)ccc1N=Nc1cccc(C(=O)N(CCS(=O)(=O)CCOS(=O)(=O)O)c2ccccc2)c1. The molecule has 1 amide bonds. The van der Waals surface area contributed by atoms with Gasteiger partial charge < -0.3 is 15.0 Å². The van der Waals surface area contributed by atoms with E-state index in [1.54, 1.807) is 42.5 Å². The van der Waals surface area contributed by atoms with Gasteiger partial charge in [-0.1, -0.05) is 24.3 Å². The summed E-state index contributed by atoms with van der Waals surface area (Å²) in [6, 6.07) is 18.9. The number of sulfone groups is 1. The van der Waals surface area contributed by atoms with E-state index in [9.17, 15) is 30.0 Å². The van der Waals surface area contributed by atoms with Crippen LogP contribution < -0.4 is 15.0 Å². The zero-order valence-corrected chi connectivity index (χ0v) is 25.0. The molecule has 0 aliphatic rings. The standard InChI is InChI=1S/C25H28N4O11S3/c1-39-24-17-20(26-18-42(33,34)35)10-11-23(24)28-27-21-7-5-6-19(16-21)25(30)29(22-8-3-2-4-9-22)12-14-41(31,32)15-13-40-43(36,37)38/h2-11,16-17,26H,12-15,18H2,1H3,(H,33,34,35)(H,36,37,38). The molecule has 0 unspecified atom stereocenters. The number of carbonyl (C=O) groups is 1. The van der Waals surface area contributed by atoms with E-state index in [2.05, 4.69) is 19.7 Å². The molecule has 43 heavy (non-hydrogen) atoms. The molecule has 18 heteroatoms. The quantitative estimate of drug-likeness (QED) is 0.159. The van der Waals surface area contributed by atoms with Gasteiger partial charge in [-0.2, -0.15) is 21.9 Å². The van der Waals surface area contributed by atoms with Crippen LogP contribution in [0.25, 0.3) is 0 Å². The van der Waals surface area contributed by atoms with Gasteiger partial charge in [-0.25, -0.2) is 12.6 Å². The van der Waals surface area contributed by atoms with Crippen molar-refractivity contribution in [3.05, 3.63) is 78.4 Å². The molecule has 3 N–H and O–H groups in total. The van der Waals surface area contributed by atoms with Gasteiger partial charge in [0.15, 0.2) is 9.84 Å². The first-order valence-electron chi connectivity index (χ1n) is 12.2. The number of para-hydroxylation sites is 1. The summed E-state index contributed by atoms with van der Waals surface area (Å²) in [4.78, 5) is 14.8. The summed E-state index contributed by atoms with van der Waals surface area (Å²) in [7, 11) is -11.5. The molecule has 0 atom stereocenters. The molecular formula is C25H28N4O11S3. The summed E-state index contributed by atoms with van der Waals surface area (Å²) in [5.41, 5.74) is 1.49. The lowest BCUT2D eigenvalue weighted by molar-refractivity contribution is 0.0988. The van der Waals surface area contributed by atoms with Crippen LogP contribution in [-0.4, -0.2) is 77.9 Å². The van der Waals surface area contributed by atoms with Gasteiger partial charge >= 0.3 is 10.4 Å². The number of ether oxygens (including phenoxy) is 1. The lowest BCUT2D eigenvalue weighted by atomic mass is 10.1. The number of nitrogens with one attached hydrogen (secondary N) is 1. The van der Waals surface area contributed by atoms with Gasteiger partial charge in [0.25, 0.3) is 16.0 Å². The van der Waals surface area contributed by atoms with Gasteiger partial charge in [0.2, 0.25) is 0 Å². The molecule has 0 aromatic heterocycles. The number of nitrogens with zero attached hydrogens (tertiary/aromatic N) is 3. The molecule has 0 saturated heterocycles. The highest BCUT2D eigenvalue weighted by Gasteiger charge is 2.22. The summed E-state index contributed by atoms with van der Waals surface area (Å²) >= 11 is 0. The monoisotopic (exact) mass is 656 g/mol. The molecule has 3 aromatic carbocycles. The molecule has 15 nitrogen and oxygen atoms in total.